The Bertz CT molecular complexity index is 971. The van der Waals surface area contributed by atoms with Crippen molar-refractivity contribution in [1.29, 1.82) is 0 Å². The second-order valence-corrected chi connectivity index (χ2v) is 11.3. The summed E-state index contributed by atoms with van der Waals surface area (Å²) in [5, 5.41) is 0. The number of methoxy groups -OCH3 is 1. The van der Waals surface area contributed by atoms with Crippen molar-refractivity contribution in [3.8, 4) is 0 Å². The van der Waals surface area contributed by atoms with E-state index in [1.54, 1.807) is 6.92 Å². The van der Waals surface area contributed by atoms with Crippen LogP contribution in [0.1, 0.15) is 80.6 Å². The summed E-state index contributed by atoms with van der Waals surface area (Å²) in [5.41, 5.74) is -0.765. The third-order valence-corrected chi connectivity index (χ3v) is 9.39. The van der Waals surface area contributed by atoms with Gasteiger partial charge in [-0.25, -0.2) is 4.79 Å². The second-order valence-electron chi connectivity index (χ2n) is 11.3. The van der Waals surface area contributed by atoms with E-state index in [1.165, 1.54) is 7.11 Å². The number of rotatable bonds is 1. The number of hydrogen-bond donors (Lipinski definition) is 0. The molecule has 0 amide bonds. The average molecular weight is 445 g/mol. The fourth-order valence-corrected chi connectivity index (χ4v) is 7.51. The molecule has 0 bridgehead atoms. The smallest absolute Gasteiger partial charge is 0.341 e. The number of carbonyl (C=O) groups is 3. The zero-order chi connectivity index (χ0) is 23.9. The van der Waals surface area contributed by atoms with Crippen molar-refractivity contribution in [1.82, 2.24) is 0 Å². The van der Waals surface area contributed by atoms with Gasteiger partial charge in [-0.15, -0.1) is 0 Å². The summed E-state index contributed by atoms with van der Waals surface area (Å²) < 4.78 is 17.8. The van der Waals surface area contributed by atoms with Crippen LogP contribution in [0, 0.1) is 22.7 Å². The summed E-state index contributed by atoms with van der Waals surface area (Å²) in [7, 11) is 1.30. The first kappa shape index (κ1) is 23.1. The molecule has 2 aliphatic heterocycles. The van der Waals surface area contributed by atoms with Crippen molar-refractivity contribution < 1.29 is 28.6 Å². The molecule has 1 saturated carbocycles. The number of esters is 2. The number of ketones is 1. The van der Waals surface area contributed by atoms with Gasteiger partial charge in [-0.05, 0) is 65.4 Å². The number of allylic oxidation sites excluding steroid dienone is 2. The molecule has 2 aliphatic carbocycles. The predicted octanol–water partition coefficient (Wildman–Crippen LogP) is 4.67. The first-order valence-corrected chi connectivity index (χ1v) is 11.7. The SMILES string of the molecule is COC(=O)C1=C(C)[C@@]2(C)C[C@]3(OC2=C(C)C1=O)[C@@H](C)CC[C@H]1C(C)(C)OC(=O)CC[C@@]13C. The van der Waals surface area contributed by atoms with Gasteiger partial charge in [-0.2, -0.15) is 0 Å². The number of carbonyl (C=O) groups excluding carboxylic acids is 3. The molecule has 32 heavy (non-hydrogen) atoms. The normalized spacial score (nSPS) is 41.0. The molecule has 5 atom stereocenters. The Kier molecular flexibility index (Phi) is 5.00. The molecule has 4 aliphatic rings. The molecule has 4 rings (SSSR count). The minimum atomic E-state index is -0.602. The van der Waals surface area contributed by atoms with Gasteiger partial charge in [-0.1, -0.05) is 13.8 Å². The monoisotopic (exact) mass is 444 g/mol. The van der Waals surface area contributed by atoms with Gasteiger partial charge in [0.2, 0.25) is 0 Å². The Morgan fingerprint density at radius 1 is 1.06 bits per heavy atom. The van der Waals surface area contributed by atoms with Crippen molar-refractivity contribution in [3.63, 3.8) is 0 Å². The molecular formula is C26H36O6. The third-order valence-electron chi connectivity index (χ3n) is 9.39. The molecule has 0 N–H and O–H groups in total. The van der Waals surface area contributed by atoms with Crippen molar-refractivity contribution in [3.05, 3.63) is 22.5 Å². The lowest BCUT2D eigenvalue weighted by Gasteiger charge is -2.59. The molecule has 6 nitrogen and oxygen atoms in total. The second kappa shape index (κ2) is 6.94. The molecule has 0 unspecified atom stereocenters. The highest BCUT2D eigenvalue weighted by molar-refractivity contribution is 6.25. The molecule has 2 heterocycles. The van der Waals surface area contributed by atoms with E-state index in [1.807, 2.05) is 20.8 Å². The predicted molar refractivity (Wildman–Crippen MR) is 118 cm³/mol. The highest BCUT2D eigenvalue weighted by atomic mass is 16.6. The van der Waals surface area contributed by atoms with Gasteiger partial charge in [-0.3, -0.25) is 9.59 Å². The van der Waals surface area contributed by atoms with E-state index in [9.17, 15) is 14.4 Å². The van der Waals surface area contributed by atoms with Crippen LogP contribution >= 0.6 is 0 Å². The fraction of sp³-hybridized carbons (Fsp3) is 0.731. The number of cyclic esters (lactones) is 1. The van der Waals surface area contributed by atoms with Crippen LogP contribution in [-0.4, -0.2) is 36.0 Å². The van der Waals surface area contributed by atoms with Crippen LogP contribution in [-0.2, 0) is 28.6 Å². The Hall–Kier alpha value is -2.11. The zero-order valence-electron chi connectivity index (χ0n) is 20.6. The van der Waals surface area contributed by atoms with E-state index in [-0.39, 0.29) is 34.6 Å². The van der Waals surface area contributed by atoms with Gasteiger partial charge in [0.25, 0.3) is 0 Å². The Labute approximate surface area is 190 Å². The van der Waals surface area contributed by atoms with Crippen LogP contribution in [0.15, 0.2) is 22.5 Å². The van der Waals surface area contributed by atoms with Gasteiger partial charge in [0.15, 0.2) is 5.78 Å². The van der Waals surface area contributed by atoms with E-state index < -0.39 is 22.6 Å². The van der Waals surface area contributed by atoms with Crippen molar-refractivity contribution >= 4 is 17.7 Å². The van der Waals surface area contributed by atoms with Gasteiger partial charge >= 0.3 is 11.9 Å². The van der Waals surface area contributed by atoms with Crippen molar-refractivity contribution in [2.24, 2.45) is 22.7 Å². The summed E-state index contributed by atoms with van der Waals surface area (Å²) in [6.45, 7) is 14.2. The van der Waals surface area contributed by atoms with Gasteiger partial charge in [0.05, 0.1) is 12.5 Å². The summed E-state index contributed by atoms with van der Waals surface area (Å²) in [4.78, 5) is 38.2. The van der Waals surface area contributed by atoms with Gasteiger partial charge in [0, 0.05) is 29.7 Å². The average Bonchev–Trinajstić information content (AvgIpc) is 3.01. The molecule has 6 heteroatoms. The van der Waals surface area contributed by atoms with Crippen LogP contribution in [0.5, 0.6) is 0 Å². The van der Waals surface area contributed by atoms with E-state index in [2.05, 4.69) is 20.8 Å². The molecule has 2 saturated heterocycles. The van der Waals surface area contributed by atoms with Crippen LogP contribution in [0.4, 0.5) is 0 Å². The summed E-state index contributed by atoms with van der Waals surface area (Å²) >= 11 is 0. The van der Waals surface area contributed by atoms with Gasteiger partial charge < -0.3 is 14.2 Å². The Morgan fingerprint density at radius 3 is 2.34 bits per heavy atom. The first-order chi connectivity index (χ1) is 14.7. The maximum atomic E-state index is 13.2. The molecule has 0 aromatic rings. The first-order valence-electron chi connectivity index (χ1n) is 11.7. The number of Topliss-reactive ketones (excluding diaryl/α,β-unsaturated/α-hetero) is 1. The molecule has 0 aromatic heterocycles. The maximum Gasteiger partial charge on any atom is 0.341 e. The van der Waals surface area contributed by atoms with Crippen LogP contribution in [0.2, 0.25) is 0 Å². The van der Waals surface area contributed by atoms with E-state index in [0.29, 0.717) is 36.2 Å². The fourth-order valence-electron chi connectivity index (χ4n) is 7.51. The largest absolute Gasteiger partial charge is 0.489 e. The molecule has 176 valence electrons. The molecule has 0 aromatic carbocycles. The molecule has 0 radical (unpaired) electrons. The molecule has 3 fully saturated rings. The zero-order valence-corrected chi connectivity index (χ0v) is 20.6. The standard InChI is InChI=1S/C26H36O6/c1-14-9-10-17-23(4,5)31-18(27)11-12-25(17,7)26(14)13-24(6)16(3)19(22(29)30-8)20(28)15(2)21(24)32-26/h14,17H,9-13H2,1-8H3/t14-,17-,24+,25-,26-/m0/s1. The summed E-state index contributed by atoms with van der Waals surface area (Å²) in [6, 6.07) is 0. The Morgan fingerprint density at radius 2 is 1.72 bits per heavy atom. The number of fused-ring (bicyclic) bond motifs is 3. The minimum Gasteiger partial charge on any atom is -0.489 e. The quantitative estimate of drug-likeness (QED) is 0.432. The van der Waals surface area contributed by atoms with E-state index >= 15 is 0 Å². The van der Waals surface area contributed by atoms with Crippen LogP contribution in [0.3, 0.4) is 0 Å². The van der Waals surface area contributed by atoms with Gasteiger partial charge in [0.1, 0.15) is 22.5 Å². The highest BCUT2D eigenvalue weighted by Crippen LogP contribution is 2.69. The summed E-state index contributed by atoms with van der Waals surface area (Å²) in [5.74, 6) is -0.0464. The topological polar surface area (TPSA) is 78.9 Å². The molecular weight excluding hydrogens is 408 g/mol. The lowest BCUT2D eigenvalue weighted by atomic mass is 9.48. The van der Waals surface area contributed by atoms with E-state index in [4.69, 9.17) is 14.2 Å². The lowest BCUT2D eigenvalue weighted by Crippen LogP contribution is -2.61. The third kappa shape index (κ3) is 2.73. The maximum absolute atomic E-state index is 13.2. The van der Waals surface area contributed by atoms with Crippen molar-refractivity contribution in [2.75, 3.05) is 7.11 Å². The van der Waals surface area contributed by atoms with Crippen LogP contribution < -0.4 is 0 Å². The van der Waals surface area contributed by atoms with E-state index in [0.717, 1.165) is 12.8 Å². The van der Waals surface area contributed by atoms with Crippen molar-refractivity contribution in [2.45, 2.75) is 91.8 Å². The van der Waals surface area contributed by atoms with Crippen LogP contribution in [0.25, 0.3) is 0 Å². The number of hydrogen-bond acceptors (Lipinski definition) is 6. The minimum absolute atomic E-state index is 0.127. The highest BCUT2D eigenvalue weighted by Gasteiger charge is 2.70. The lowest BCUT2D eigenvalue weighted by molar-refractivity contribution is -0.202. The number of ether oxygens (including phenoxy) is 3. The molecule has 1 spiro atoms. The summed E-state index contributed by atoms with van der Waals surface area (Å²) in [6.07, 6.45) is 3.59. The Balaban J connectivity index is 1.91.